The van der Waals surface area contributed by atoms with Crippen molar-refractivity contribution in [1.82, 2.24) is 9.55 Å². The minimum Gasteiger partial charge on any atom is -0.372 e. The Labute approximate surface area is 122 Å². The molecule has 1 saturated heterocycles. The zero-order valence-electron chi connectivity index (χ0n) is 11.3. The largest absolute Gasteiger partial charge is 0.372 e. The van der Waals surface area contributed by atoms with E-state index < -0.39 is 0 Å². The van der Waals surface area contributed by atoms with E-state index in [-0.39, 0.29) is 5.56 Å². The van der Waals surface area contributed by atoms with E-state index in [9.17, 15) is 4.79 Å². The Bertz CT molecular complexity index is 782. The van der Waals surface area contributed by atoms with Crippen LogP contribution in [0.15, 0.2) is 23.0 Å². The molecule has 1 aromatic heterocycles. The van der Waals surface area contributed by atoms with Crippen LogP contribution in [0.2, 0.25) is 0 Å². The third kappa shape index (κ3) is 1.88. The lowest BCUT2D eigenvalue weighted by Gasteiger charge is -2.18. The molecule has 1 aromatic carbocycles. The number of nitrogens with one attached hydrogen (secondary N) is 1. The van der Waals surface area contributed by atoms with Gasteiger partial charge in [0.25, 0.3) is 5.56 Å². The van der Waals surface area contributed by atoms with Gasteiger partial charge in [-0.15, -0.1) is 0 Å². The van der Waals surface area contributed by atoms with Crippen molar-refractivity contribution < 1.29 is 0 Å². The fourth-order valence-electron chi connectivity index (χ4n) is 3.05. The van der Waals surface area contributed by atoms with Crippen LogP contribution in [-0.2, 0) is 0 Å². The van der Waals surface area contributed by atoms with E-state index in [0.29, 0.717) is 10.8 Å². The molecule has 4 rings (SSSR count). The summed E-state index contributed by atoms with van der Waals surface area (Å²) in [5.41, 5.74) is 2.06. The van der Waals surface area contributed by atoms with Gasteiger partial charge in [0, 0.05) is 24.8 Å². The van der Waals surface area contributed by atoms with Gasteiger partial charge in [0.05, 0.1) is 10.9 Å². The van der Waals surface area contributed by atoms with Crippen LogP contribution < -0.4 is 10.5 Å². The second-order valence-electron chi connectivity index (χ2n) is 5.76. The fourth-order valence-corrected chi connectivity index (χ4v) is 3.39. The minimum absolute atomic E-state index is 0.0623. The number of hydrogen-bond acceptors (Lipinski definition) is 3. The van der Waals surface area contributed by atoms with Crippen LogP contribution >= 0.6 is 12.2 Å². The van der Waals surface area contributed by atoms with Gasteiger partial charge < -0.3 is 9.88 Å². The summed E-state index contributed by atoms with van der Waals surface area (Å²) >= 11 is 5.32. The maximum Gasteiger partial charge on any atom is 0.262 e. The Hall–Kier alpha value is -1.62. The average molecular weight is 287 g/mol. The van der Waals surface area contributed by atoms with E-state index in [2.05, 4.69) is 16.0 Å². The SMILES string of the molecule is O=c1c2cc(N3CCCC3)ccc2[nH]c(=S)n1C1CC1. The number of H-pyrrole nitrogens is 1. The molecule has 0 atom stereocenters. The summed E-state index contributed by atoms with van der Waals surface area (Å²) in [4.78, 5) is 18.2. The Balaban J connectivity index is 1.92. The molecule has 0 bridgehead atoms. The van der Waals surface area contributed by atoms with Gasteiger partial charge in [-0.1, -0.05) is 0 Å². The van der Waals surface area contributed by atoms with Crippen molar-refractivity contribution in [1.29, 1.82) is 0 Å². The smallest absolute Gasteiger partial charge is 0.262 e. The van der Waals surface area contributed by atoms with Crippen molar-refractivity contribution >= 4 is 28.8 Å². The van der Waals surface area contributed by atoms with Crippen LogP contribution in [0.3, 0.4) is 0 Å². The first kappa shape index (κ1) is 12.1. The highest BCUT2D eigenvalue weighted by Gasteiger charge is 2.26. The molecule has 1 aliphatic carbocycles. The molecule has 2 fully saturated rings. The Morgan fingerprint density at radius 2 is 1.95 bits per heavy atom. The molecule has 5 heteroatoms. The standard InChI is InChI=1S/C15H17N3OS/c19-14-12-9-11(17-7-1-2-8-17)5-6-13(12)16-15(20)18(14)10-3-4-10/h5-6,9-10H,1-4,7-8H2,(H,16,20). The molecule has 0 spiro atoms. The molecule has 1 aliphatic heterocycles. The molecule has 2 heterocycles. The first-order chi connectivity index (χ1) is 9.74. The molecule has 2 aliphatic rings. The number of aromatic nitrogens is 2. The number of hydrogen-bond donors (Lipinski definition) is 1. The van der Waals surface area contributed by atoms with Crippen molar-refractivity contribution in [2.75, 3.05) is 18.0 Å². The van der Waals surface area contributed by atoms with Gasteiger partial charge in [-0.3, -0.25) is 9.36 Å². The topological polar surface area (TPSA) is 41.0 Å². The third-order valence-corrected chi connectivity index (χ3v) is 4.59. The zero-order valence-corrected chi connectivity index (χ0v) is 12.1. The van der Waals surface area contributed by atoms with E-state index in [1.54, 1.807) is 4.57 Å². The summed E-state index contributed by atoms with van der Waals surface area (Å²) in [6, 6.07) is 6.40. The van der Waals surface area contributed by atoms with Crippen LogP contribution in [0.1, 0.15) is 31.7 Å². The summed E-state index contributed by atoms with van der Waals surface area (Å²) in [6.45, 7) is 2.18. The maximum atomic E-state index is 12.7. The quantitative estimate of drug-likeness (QED) is 0.863. The fraction of sp³-hybridized carbons (Fsp3) is 0.467. The average Bonchev–Trinajstić information content (AvgIpc) is 3.12. The number of nitrogens with zero attached hydrogens (tertiary/aromatic N) is 2. The van der Waals surface area contributed by atoms with Gasteiger partial charge in [-0.05, 0) is 56.1 Å². The molecule has 0 radical (unpaired) electrons. The zero-order chi connectivity index (χ0) is 13.7. The lowest BCUT2D eigenvalue weighted by molar-refractivity contribution is 0.686. The highest BCUT2D eigenvalue weighted by molar-refractivity contribution is 7.71. The summed E-state index contributed by atoms with van der Waals surface area (Å²) in [6.07, 6.45) is 4.60. The molecule has 0 unspecified atom stereocenters. The Morgan fingerprint density at radius 3 is 2.65 bits per heavy atom. The summed E-state index contributed by atoms with van der Waals surface area (Å²) in [5, 5.41) is 0.759. The molecule has 4 nitrogen and oxygen atoms in total. The van der Waals surface area contributed by atoms with Gasteiger partial charge in [-0.25, -0.2) is 0 Å². The highest BCUT2D eigenvalue weighted by Crippen LogP contribution is 2.34. The van der Waals surface area contributed by atoms with Gasteiger partial charge in [-0.2, -0.15) is 0 Å². The molecule has 20 heavy (non-hydrogen) atoms. The summed E-state index contributed by atoms with van der Waals surface area (Å²) in [7, 11) is 0. The van der Waals surface area contributed by atoms with E-state index in [0.717, 1.165) is 42.5 Å². The molecule has 0 amide bonds. The second kappa shape index (κ2) is 4.45. The van der Waals surface area contributed by atoms with Crippen molar-refractivity contribution in [3.8, 4) is 0 Å². The van der Waals surface area contributed by atoms with Gasteiger partial charge in [0.1, 0.15) is 0 Å². The van der Waals surface area contributed by atoms with Crippen LogP contribution in [-0.4, -0.2) is 22.6 Å². The predicted molar refractivity (Wildman–Crippen MR) is 83.1 cm³/mol. The highest BCUT2D eigenvalue weighted by atomic mass is 32.1. The van der Waals surface area contributed by atoms with Crippen LogP contribution in [0, 0.1) is 4.77 Å². The Kier molecular flexibility index (Phi) is 2.70. The number of fused-ring (bicyclic) bond motifs is 1. The normalized spacial score (nSPS) is 18.9. The lowest BCUT2D eigenvalue weighted by Crippen LogP contribution is -2.22. The minimum atomic E-state index is 0.0623. The van der Waals surface area contributed by atoms with E-state index in [1.807, 2.05) is 12.1 Å². The first-order valence-electron chi connectivity index (χ1n) is 7.27. The second-order valence-corrected chi connectivity index (χ2v) is 6.15. The number of rotatable bonds is 2. The maximum absolute atomic E-state index is 12.7. The van der Waals surface area contributed by atoms with Gasteiger partial charge in [0.2, 0.25) is 0 Å². The van der Waals surface area contributed by atoms with Crippen molar-refractivity contribution in [2.45, 2.75) is 31.7 Å². The van der Waals surface area contributed by atoms with Crippen LogP contribution in [0.4, 0.5) is 5.69 Å². The van der Waals surface area contributed by atoms with Gasteiger partial charge >= 0.3 is 0 Å². The van der Waals surface area contributed by atoms with Crippen molar-refractivity contribution in [3.63, 3.8) is 0 Å². The molecule has 1 N–H and O–H groups in total. The molecular formula is C15H17N3OS. The number of benzene rings is 1. The molecule has 2 aromatic rings. The van der Waals surface area contributed by atoms with Gasteiger partial charge in [0.15, 0.2) is 4.77 Å². The first-order valence-corrected chi connectivity index (χ1v) is 7.68. The Morgan fingerprint density at radius 1 is 1.20 bits per heavy atom. The lowest BCUT2D eigenvalue weighted by atomic mass is 10.2. The molecule has 104 valence electrons. The summed E-state index contributed by atoms with van der Waals surface area (Å²) < 4.78 is 2.31. The van der Waals surface area contributed by atoms with Crippen molar-refractivity contribution in [3.05, 3.63) is 33.3 Å². The van der Waals surface area contributed by atoms with Crippen LogP contribution in [0.5, 0.6) is 0 Å². The molecular weight excluding hydrogens is 270 g/mol. The number of anilines is 1. The van der Waals surface area contributed by atoms with E-state index >= 15 is 0 Å². The van der Waals surface area contributed by atoms with E-state index in [1.165, 1.54) is 12.8 Å². The third-order valence-electron chi connectivity index (χ3n) is 4.30. The van der Waals surface area contributed by atoms with E-state index in [4.69, 9.17) is 12.2 Å². The van der Waals surface area contributed by atoms with Crippen LogP contribution in [0.25, 0.3) is 10.9 Å². The predicted octanol–water partition coefficient (Wildman–Crippen LogP) is 2.99. The van der Waals surface area contributed by atoms with Crippen molar-refractivity contribution in [2.24, 2.45) is 0 Å². The monoisotopic (exact) mass is 287 g/mol. The molecule has 1 saturated carbocycles. The summed E-state index contributed by atoms with van der Waals surface area (Å²) in [5.74, 6) is 0. The number of aromatic amines is 1.